The Morgan fingerprint density at radius 1 is 1.33 bits per heavy atom. The van der Waals surface area contributed by atoms with Crippen molar-refractivity contribution in [1.82, 2.24) is 4.90 Å². The summed E-state index contributed by atoms with van der Waals surface area (Å²) in [6.07, 6.45) is 1.47. The molecule has 0 aliphatic carbocycles. The van der Waals surface area contributed by atoms with E-state index in [1.54, 1.807) is 17.9 Å². The number of hydrogen-bond acceptors (Lipinski definition) is 7. The molecule has 3 aliphatic rings. The molecular weight excluding hydrogens is 368 g/mol. The smallest absolute Gasteiger partial charge is 0.338 e. The minimum Gasteiger partial charge on any atom is -0.463 e. The fourth-order valence-electron chi connectivity index (χ4n) is 3.44. The van der Waals surface area contributed by atoms with E-state index in [4.69, 9.17) is 14.2 Å². The van der Waals surface area contributed by atoms with Gasteiger partial charge in [0.05, 0.1) is 29.7 Å². The molecule has 3 aliphatic heterocycles. The number of carbonyl (C=O) groups is 2. The molecule has 0 bridgehead atoms. The molecular formula is C19H20N2O5S. The molecule has 1 amide bonds. The van der Waals surface area contributed by atoms with Crippen LogP contribution in [0.3, 0.4) is 0 Å². The van der Waals surface area contributed by atoms with Gasteiger partial charge < -0.3 is 14.2 Å². The van der Waals surface area contributed by atoms with Crippen molar-refractivity contribution in [3.05, 3.63) is 35.0 Å². The summed E-state index contributed by atoms with van der Waals surface area (Å²) in [5, 5.41) is 0.638. The number of carbonyl (C=O) groups excluding carboxylic acids is 2. The number of esters is 1. The summed E-state index contributed by atoms with van der Waals surface area (Å²) in [4.78, 5) is 31.7. The van der Waals surface area contributed by atoms with E-state index in [1.807, 2.05) is 19.1 Å². The van der Waals surface area contributed by atoms with Crippen LogP contribution in [0.5, 0.6) is 11.5 Å². The lowest BCUT2D eigenvalue weighted by Gasteiger charge is -2.33. The summed E-state index contributed by atoms with van der Waals surface area (Å²) in [7, 11) is 0. The summed E-state index contributed by atoms with van der Waals surface area (Å²) in [6.45, 7) is 4.22. The zero-order valence-corrected chi connectivity index (χ0v) is 16.0. The highest BCUT2D eigenvalue weighted by atomic mass is 32.2. The molecule has 0 N–H and O–H groups in total. The summed E-state index contributed by atoms with van der Waals surface area (Å²) >= 11 is 1.40. The van der Waals surface area contributed by atoms with Gasteiger partial charge in [0.1, 0.15) is 0 Å². The SMILES string of the molecule is CCCC1=C(C(=O)OCC)C(c2ccc3c(c2)OCO3)N2C(=O)CSC2=N1. The van der Waals surface area contributed by atoms with Crippen molar-refractivity contribution in [2.45, 2.75) is 32.7 Å². The third kappa shape index (κ3) is 3.07. The Hall–Kier alpha value is -2.48. The Kier molecular flexibility index (Phi) is 4.82. The summed E-state index contributed by atoms with van der Waals surface area (Å²) < 4.78 is 16.2. The van der Waals surface area contributed by atoms with Crippen LogP contribution in [-0.4, -0.2) is 41.1 Å². The Balaban J connectivity index is 1.86. The van der Waals surface area contributed by atoms with Gasteiger partial charge in [-0.2, -0.15) is 0 Å². The second-order valence-electron chi connectivity index (χ2n) is 6.29. The van der Waals surface area contributed by atoms with Gasteiger partial charge in [-0.05, 0) is 31.0 Å². The molecule has 1 atom stereocenters. The van der Waals surface area contributed by atoms with Crippen molar-refractivity contribution in [1.29, 1.82) is 0 Å². The van der Waals surface area contributed by atoms with Crippen molar-refractivity contribution in [3.8, 4) is 11.5 Å². The first-order valence-electron chi connectivity index (χ1n) is 8.97. The Bertz CT molecular complexity index is 864. The number of allylic oxidation sites excluding steroid dienone is 1. The standard InChI is InChI=1S/C19H20N2O5S/c1-3-5-12-16(18(23)24-4-2)17(21-15(22)9-27-19(21)20-12)11-6-7-13-14(8-11)26-10-25-13/h6-8,17H,3-5,9-10H2,1-2H3. The first kappa shape index (κ1) is 17.9. The van der Waals surface area contributed by atoms with E-state index in [2.05, 4.69) is 4.99 Å². The fraction of sp³-hybridized carbons (Fsp3) is 0.421. The fourth-order valence-corrected chi connectivity index (χ4v) is 4.35. The molecule has 7 nitrogen and oxygen atoms in total. The number of ether oxygens (including phenoxy) is 3. The van der Waals surface area contributed by atoms with E-state index >= 15 is 0 Å². The first-order valence-corrected chi connectivity index (χ1v) is 9.95. The molecule has 0 aromatic heterocycles. The topological polar surface area (TPSA) is 77.4 Å². The molecule has 4 rings (SSSR count). The molecule has 1 fully saturated rings. The molecule has 0 radical (unpaired) electrons. The number of nitrogens with zero attached hydrogens (tertiary/aromatic N) is 2. The van der Waals surface area contributed by atoms with Gasteiger partial charge in [-0.3, -0.25) is 9.69 Å². The van der Waals surface area contributed by atoms with E-state index in [9.17, 15) is 9.59 Å². The second kappa shape index (κ2) is 7.26. The van der Waals surface area contributed by atoms with Crippen LogP contribution in [0, 0.1) is 0 Å². The lowest BCUT2D eigenvalue weighted by Crippen LogP contribution is -2.39. The predicted molar refractivity (Wildman–Crippen MR) is 101 cm³/mol. The summed E-state index contributed by atoms with van der Waals surface area (Å²) in [5.74, 6) is 1.07. The highest BCUT2D eigenvalue weighted by Crippen LogP contribution is 2.44. The first-order chi connectivity index (χ1) is 13.1. The molecule has 142 valence electrons. The van der Waals surface area contributed by atoms with Gasteiger partial charge in [0.2, 0.25) is 12.7 Å². The number of amides is 1. The Labute approximate surface area is 161 Å². The molecule has 27 heavy (non-hydrogen) atoms. The van der Waals surface area contributed by atoms with Gasteiger partial charge in [-0.15, -0.1) is 0 Å². The van der Waals surface area contributed by atoms with Gasteiger partial charge in [-0.1, -0.05) is 31.2 Å². The van der Waals surface area contributed by atoms with E-state index < -0.39 is 12.0 Å². The van der Waals surface area contributed by atoms with Crippen molar-refractivity contribution in [3.63, 3.8) is 0 Å². The van der Waals surface area contributed by atoms with Crippen molar-refractivity contribution < 1.29 is 23.8 Å². The number of rotatable bonds is 5. The maximum Gasteiger partial charge on any atom is 0.338 e. The summed E-state index contributed by atoms with van der Waals surface area (Å²) in [6, 6.07) is 4.92. The number of benzene rings is 1. The minimum absolute atomic E-state index is 0.0706. The molecule has 1 aromatic carbocycles. The van der Waals surface area contributed by atoms with E-state index in [0.717, 1.165) is 12.0 Å². The van der Waals surface area contributed by atoms with Crippen molar-refractivity contribution >= 4 is 28.8 Å². The van der Waals surface area contributed by atoms with Crippen LogP contribution in [0.1, 0.15) is 38.3 Å². The lowest BCUT2D eigenvalue weighted by atomic mass is 9.92. The number of thioether (sulfide) groups is 1. The number of amidine groups is 1. The third-order valence-corrected chi connectivity index (χ3v) is 5.50. The van der Waals surface area contributed by atoms with Gasteiger partial charge in [0.15, 0.2) is 16.7 Å². The lowest BCUT2D eigenvalue weighted by molar-refractivity contribution is -0.139. The van der Waals surface area contributed by atoms with Crippen LogP contribution in [0.4, 0.5) is 0 Å². The van der Waals surface area contributed by atoms with Gasteiger partial charge in [0, 0.05) is 0 Å². The van der Waals surface area contributed by atoms with Crippen molar-refractivity contribution in [2.75, 3.05) is 19.2 Å². The maximum absolute atomic E-state index is 12.8. The van der Waals surface area contributed by atoms with Gasteiger partial charge in [-0.25, -0.2) is 9.79 Å². The van der Waals surface area contributed by atoms with Crippen LogP contribution in [0.25, 0.3) is 0 Å². The molecule has 8 heteroatoms. The van der Waals surface area contributed by atoms with Gasteiger partial charge in [0.25, 0.3) is 0 Å². The number of hydrogen-bond donors (Lipinski definition) is 0. The monoisotopic (exact) mass is 388 g/mol. The quantitative estimate of drug-likeness (QED) is 0.722. The van der Waals surface area contributed by atoms with Gasteiger partial charge >= 0.3 is 5.97 Å². The molecule has 3 heterocycles. The van der Waals surface area contributed by atoms with Crippen LogP contribution < -0.4 is 9.47 Å². The molecule has 1 saturated heterocycles. The molecule has 1 aromatic rings. The number of aliphatic imine (C=N–C) groups is 1. The largest absolute Gasteiger partial charge is 0.463 e. The highest BCUT2D eigenvalue weighted by molar-refractivity contribution is 8.15. The minimum atomic E-state index is -0.574. The summed E-state index contributed by atoms with van der Waals surface area (Å²) in [5.41, 5.74) is 1.89. The second-order valence-corrected chi connectivity index (χ2v) is 7.24. The molecule has 1 unspecified atom stereocenters. The van der Waals surface area contributed by atoms with Crippen molar-refractivity contribution in [2.24, 2.45) is 4.99 Å². The average molecular weight is 388 g/mol. The Morgan fingerprint density at radius 3 is 2.93 bits per heavy atom. The van der Waals surface area contributed by atoms with Crippen LogP contribution in [0.2, 0.25) is 0 Å². The molecule has 0 spiro atoms. The predicted octanol–water partition coefficient (Wildman–Crippen LogP) is 3.02. The normalized spacial score (nSPS) is 20.7. The van der Waals surface area contributed by atoms with Crippen LogP contribution >= 0.6 is 11.8 Å². The number of fused-ring (bicyclic) bond motifs is 2. The van der Waals surface area contributed by atoms with Crippen LogP contribution in [-0.2, 0) is 14.3 Å². The Morgan fingerprint density at radius 2 is 2.15 bits per heavy atom. The zero-order valence-electron chi connectivity index (χ0n) is 15.2. The van der Waals surface area contributed by atoms with E-state index in [-0.39, 0.29) is 19.3 Å². The highest BCUT2D eigenvalue weighted by Gasteiger charge is 2.44. The van der Waals surface area contributed by atoms with E-state index in [1.165, 1.54) is 11.8 Å². The average Bonchev–Trinajstić information content (AvgIpc) is 3.27. The third-order valence-electron chi connectivity index (χ3n) is 4.57. The van der Waals surface area contributed by atoms with E-state index in [0.29, 0.717) is 40.1 Å². The molecule has 0 saturated carbocycles. The maximum atomic E-state index is 12.8. The zero-order chi connectivity index (χ0) is 19.0. The van der Waals surface area contributed by atoms with Crippen LogP contribution in [0.15, 0.2) is 34.5 Å².